The fraction of sp³-hybridized carbons (Fsp3) is 0.889. The molecule has 0 spiro atoms. The van der Waals surface area contributed by atoms with Crippen molar-refractivity contribution in [3.63, 3.8) is 0 Å². The predicted molar refractivity (Wildman–Crippen MR) is 95.3 cm³/mol. The van der Waals surface area contributed by atoms with Crippen molar-refractivity contribution in [2.45, 2.75) is 56.3 Å². The number of thioether (sulfide) groups is 1. The molecule has 1 saturated carbocycles. The zero-order chi connectivity index (χ0) is 20.5. The van der Waals surface area contributed by atoms with Gasteiger partial charge in [0.15, 0.2) is 0 Å². The third-order valence-electron chi connectivity index (χ3n) is 6.16. The molecule has 1 aliphatic carbocycles. The SMILES string of the molecule is OCC1=C(CN2CCC(C(F)(F)F)CC2)NC(C2CCC(C(F)(F)F)CC2)S1. The number of aliphatic hydroxyl groups excluding tert-OH is 1. The summed E-state index contributed by atoms with van der Waals surface area (Å²) in [5.74, 6) is -2.38. The highest BCUT2D eigenvalue weighted by molar-refractivity contribution is 8.03. The maximum Gasteiger partial charge on any atom is 0.391 e. The van der Waals surface area contributed by atoms with Gasteiger partial charge in [0, 0.05) is 17.1 Å². The second kappa shape index (κ2) is 8.63. The average Bonchev–Trinajstić information content (AvgIpc) is 3.03. The summed E-state index contributed by atoms with van der Waals surface area (Å²) in [6.07, 6.45) is -6.92. The van der Waals surface area contributed by atoms with E-state index in [9.17, 15) is 31.4 Å². The van der Waals surface area contributed by atoms with Crippen molar-refractivity contribution >= 4 is 11.8 Å². The number of hydrogen-bond donors (Lipinski definition) is 2. The van der Waals surface area contributed by atoms with E-state index in [0.29, 0.717) is 32.5 Å². The Morgan fingerprint density at radius 3 is 1.93 bits per heavy atom. The molecule has 2 fully saturated rings. The first-order valence-electron chi connectivity index (χ1n) is 9.69. The Balaban J connectivity index is 1.50. The van der Waals surface area contributed by atoms with Crippen LogP contribution < -0.4 is 5.32 Å². The highest BCUT2D eigenvalue weighted by Gasteiger charge is 2.44. The van der Waals surface area contributed by atoms with Gasteiger partial charge >= 0.3 is 12.4 Å². The molecular formula is C18H26F6N2OS. The van der Waals surface area contributed by atoms with Crippen LogP contribution >= 0.6 is 11.8 Å². The molecule has 28 heavy (non-hydrogen) atoms. The summed E-state index contributed by atoms with van der Waals surface area (Å²) in [7, 11) is 0. The Labute approximate surface area is 164 Å². The molecule has 10 heteroatoms. The number of halogens is 6. The Kier molecular flexibility index (Phi) is 6.81. The van der Waals surface area contributed by atoms with Gasteiger partial charge in [-0.1, -0.05) is 0 Å². The maximum absolute atomic E-state index is 12.8. The van der Waals surface area contributed by atoms with E-state index in [-0.39, 0.29) is 43.6 Å². The second-order valence-corrected chi connectivity index (χ2v) is 9.22. The van der Waals surface area contributed by atoms with E-state index in [1.807, 2.05) is 4.90 Å². The quantitative estimate of drug-likeness (QED) is 0.642. The van der Waals surface area contributed by atoms with Crippen LogP contribution in [0.2, 0.25) is 0 Å². The molecule has 2 N–H and O–H groups in total. The molecule has 0 aromatic heterocycles. The standard InChI is InChI=1S/C18H26F6N2OS/c19-17(20,21)12-3-1-11(2-4-12)16-25-14(15(10-27)28-16)9-26-7-5-13(6-8-26)18(22,23)24/h11-13,16,25,27H,1-10H2. The topological polar surface area (TPSA) is 35.5 Å². The van der Waals surface area contributed by atoms with Crippen LogP contribution in [-0.4, -0.2) is 54.0 Å². The zero-order valence-electron chi connectivity index (χ0n) is 15.5. The molecule has 2 heterocycles. The summed E-state index contributed by atoms with van der Waals surface area (Å²) in [6, 6.07) is 0. The normalized spacial score (nSPS) is 31.3. The summed E-state index contributed by atoms with van der Waals surface area (Å²) in [5.41, 5.74) is 0.806. The van der Waals surface area contributed by atoms with E-state index >= 15 is 0 Å². The van der Waals surface area contributed by atoms with E-state index in [1.165, 1.54) is 11.8 Å². The highest BCUT2D eigenvalue weighted by atomic mass is 32.2. The zero-order valence-corrected chi connectivity index (χ0v) is 16.3. The Morgan fingerprint density at radius 2 is 1.43 bits per heavy atom. The van der Waals surface area contributed by atoms with Gasteiger partial charge in [0.25, 0.3) is 0 Å². The Hall–Kier alpha value is -0.610. The molecule has 3 rings (SSSR count). The minimum Gasteiger partial charge on any atom is -0.391 e. The first kappa shape index (κ1) is 22.1. The fourth-order valence-electron chi connectivity index (χ4n) is 4.38. The first-order valence-corrected chi connectivity index (χ1v) is 10.6. The van der Waals surface area contributed by atoms with Gasteiger partial charge in [0.2, 0.25) is 0 Å². The molecule has 0 amide bonds. The number of alkyl halides is 6. The van der Waals surface area contributed by atoms with E-state index in [1.54, 1.807) is 0 Å². The molecule has 162 valence electrons. The van der Waals surface area contributed by atoms with Crippen LogP contribution in [0.15, 0.2) is 10.6 Å². The van der Waals surface area contributed by atoms with Crippen molar-refractivity contribution in [3.8, 4) is 0 Å². The molecule has 3 nitrogen and oxygen atoms in total. The molecule has 1 unspecified atom stereocenters. The van der Waals surface area contributed by atoms with E-state index < -0.39 is 24.2 Å². The summed E-state index contributed by atoms with van der Waals surface area (Å²) >= 11 is 1.46. The molecule has 1 atom stereocenters. The van der Waals surface area contributed by atoms with Crippen LogP contribution in [0.5, 0.6) is 0 Å². The van der Waals surface area contributed by atoms with Crippen molar-refractivity contribution < 1.29 is 31.4 Å². The number of rotatable bonds is 4. The molecule has 2 aliphatic heterocycles. The lowest BCUT2D eigenvalue weighted by Crippen LogP contribution is -2.42. The van der Waals surface area contributed by atoms with Gasteiger partial charge in [-0.15, -0.1) is 11.8 Å². The third kappa shape index (κ3) is 5.30. The van der Waals surface area contributed by atoms with Crippen LogP contribution in [-0.2, 0) is 0 Å². The van der Waals surface area contributed by atoms with Crippen molar-refractivity contribution in [2.75, 3.05) is 26.2 Å². The summed E-state index contributed by atoms with van der Waals surface area (Å²) in [5, 5.41) is 12.9. The van der Waals surface area contributed by atoms with Gasteiger partial charge in [-0.25, -0.2) is 0 Å². The molecule has 0 radical (unpaired) electrons. The van der Waals surface area contributed by atoms with Gasteiger partial charge in [-0.05, 0) is 57.5 Å². The van der Waals surface area contributed by atoms with Crippen LogP contribution in [0.1, 0.15) is 38.5 Å². The molecular weight excluding hydrogens is 406 g/mol. The molecule has 3 aliphatic rings. The largest absolute Gasteiger partial charge is 0.391 e. The number of likely N-dealkylation sites (tertiary alicyclic amines) is 1. The second-order valence-electron chi connectivity index (χ2n) is 7.99. The minimum absolute atomic E-state index is 0.0703. The fourth-order valence-corrected chi connectivity index (χ4v) is 5.69. The third-order valence-corrected chi connectivity index (χ3v) is 7.58. The van der Waals surface area contributed by atoms with Crippen molar-refractivity contribution in [1.29, 1.82) is 0 Å². The van der Waals surface area contributed by atoms with Gasteiger partial charge in [-0.3, -0.25) is 4.90 Å². The van der Waals surface area contributed by atoms with Gasteiger partial charge < -0.3 is 10.4 Å². The van der Waals surface area contributed by atoms with Crippen LogP contribution in [0.3, 0.4) is 0 Å². The lowest BCUT2D eigenvalue weighted by atomic mass is 9.81. The maximum atomic E-state index is 12.8. The summed E-state index contributed by atoms with van der Waals surface area (Å²) < 4.78 is 76.9. The van der Waals surface area contributed by atoms with E-state index in [4.69, 9.17) is 0 Å². The van der Waals surface area contributed by atoms with Gasteiger partial charge in [0.05, 0.1) is 23.8 Å². The van der Waals surface area contributed by atoms with Crippen molar-refractivity contribution in [2.24, 2.45) is 17.8 Å². The van der Waals surface area contributed by atoms with E-state index in [2.05, 4.69) is 5.32 Å². The van der Waals surface area contributed by atoms with Crippen molar-refractivity contribution in [1.82, 2.24) is 10.2 Å². The van der Waals surface area contributed by atoms with Crippen LogP contribution in [0.4, 0.5) is 26.3 Å². The Morgan fingerprint density at radius 1 is 0.893 bits per heavy atom. The molecule has 1 saturated heterocycles. The van der Waals surface area contributed by atoms with E-state index in [0.717, 1.165) is 10.6 Å². The molecule has 0 aromatic carbocycles. The molecule has 0 bridgehead atoms. The summed E-state index contributed by atoms with van der Waals surface area (Å²) in [4.78, 5) is 2.70. The lowest BCUT2D eigenvalue weighted by Gasteiger charge is -2.34. The van der Waals surface area contributed by atoms with Crippen LogP contribution in [0.25, 0.3) is 0 Å². The number of hydrogen-bond acceptors (Lipinski definition) is 4. The minimum atomic E-state index is -4.15. The number of nitrogens with zero attached hydrogens (tertiary/aromatic N) is 1. The predicted octanol–water partition coefficient (Wildman–Crippen LogP) is 4.50. The smallest absolute Gasteiger partial charge is 0.391 e. The summed E-state index contributed by atoms with van der Waals surface area (Å²) in [6.45, 7) is 0.975. The molecule has 0 aromatic rings. The van der Waals surface area contributed by atoms with Crippen molar-refractivity contribution in [3.05, 3.63) is 10.6 Å². The number of aliphatic hydroxyl groups is 1. The average molecular weight is 432 g/mol. The Bertz CT molecular complexity index is 563. The number of nitrogens with one attached hydrogen (secondary N) is 1. The monoisotopic (exact) mass is 432 g/mol. The van der Waals surface area contributed by atoms with Gasteiger partial charge in [0.1, 0.15) is 0 Å². The van der Waals surface area contributed by atoms with Gasteiger partial charge in [-0.2, -0.15) is 26.3 Å². The number of piperidine rings is 1. The lowest BCUT2D eigenvalue weighted by molar-refractivity contribution is -0.185. The highest BCUT2D eigenvalue weighted by Crippen LogP contribution is 2.45. The van der Waals surface area contributed by atoms with Crippen LogP contribution in [0, 0.1) is 17.8 Å². The first-order chi connectivity index (χ1) is 13.1.